The second-order valence-electron chi connectivity index (χ2n) is 4.85. The van der Waals surface area contributed by atoms with Crippen LogP contribution in [0.2, 0.25) is 10.0 Å². The zero-order chi connectivity index (χ0) is 14.7. The quantitative estimate of drug-likeness (QED) is 0.927. The van der Waals surface area contributed by atoms with Gasteiger partial charge in [0, 0.05) is 41.8 Å². The Balaban J connectivity index is 2.27. The predicted octanol–water partition coefficient (Wildman–Crippen LogP) is 2.76. The van der Waals surface area contributed by atoms with Crippen LogP contribution in [0, 0.1) is 0 Å². The van der Waals surface area contributed by atoms with E-state index in [1.807, 2.05) is 4.90 Å². The van der Waals surface area contributed by atoms with E-state index in [-0.39, 0.29) is 0 Å². The summed E-state index contributed by atoms with van der Waals surface area (Å²) in [6.45, 7) is 6.22. The van der Waals surface area contributed by atoms with Gasteiger partial charge < -0.3 is 10.0 Å². The Morgan fingerprint density at radius 3 is 2.25 bits per heavy atom. The highest BCUT2D eigenvalue weighted by Gasteiger charge is 2.32. The minimum Gasteiger partial charge on any atom is -0.480 e. The molecule has 1 heterocycles. The molecule has 0 aromatic heterocycles. The maximum atomic E-state index is 11.7. The van der Waals surface area contributed by atoms with Crippen LogP contribution in [-0.4, -0.2) is 53.6 Å². The highest BCUT2D eigenvalue weighted by atomic mass is 35.5. The molecular formula is C14H18Cl2N2O2. The molecule has 110 valence electrons. The molecule has 4 nitrogen and oxygen atoms in total. The highest BCUT2D eigenvalue weighted by Crippen LogP contribution is 2.34. The second kappa shape index (κ2) is 6.76. The largest absolute Gasteiger partial charge is 0.480 e. The number of likely N-dealkylation sites (N-methyl/N-ethyl adjacent to an activating group) is 1. The van der Waals surface area contributed by atoms with E-state index in [9.17, 15) is 9.90 Å². The van der Waals surface area contributed by atoms with Crippen molar-refractivity contribution >= 4 is 29.2 Å². The van der Waals surface area contributed by atoms with Gasteiger partial charge in [0.2, 0.25) is 0 Å². The molecule has 0 bridgehead atoms. The van der Waals surface area contributed by atoms with Gasteiger partial charge in [-0.25, -0.2) is 0 Å². The summed E-state index contributed by atoms with van der Waals surface area (Å²) in [6.07, 6.45) is 0. The fraction of sp³-hybridized carbons (Fsp3) is 0.500. The number of hydrogen-bond donors (Lipinski definition) is 1. The van der Waals surface area contributed by atoms with Gasteiger partial charge in [0.25, 0.3) is 0 Å². The molecule has 1 aliphatic rings. The number of rotatable bonds is 4. The minimum atomic E-state index is -0.912. The van der Waals surface area contributed by atoms with Crippen LogP contribution in [0.3, 0.4) is 0 Å². The summed E-state index contributed by atoms with van der Waals surface area (Å²) in [5, 5.41) is 10.4. The lowest BCUT2D eigenvalue weighted by Gasteiger charge is -2.37. The van der Waals surface area contributed by atoms with Crippen molar-refractivity contribution in [2.45, 2.75) is 13.0 Å². The molecule has 1 unspecified atom stereocenters. The van der Waals surface area contributed by atoms with Gasteiger partial charge in [0.1, 0.15) is 6.04 Å². The van der Waals surface area contributed by atoms with E-state index in [4.69, 9.17) is 23.2 Å². The molecule has 1 fully saturated rings. The summed E-state index contributed by atoms with van der Waals surface area (Å²) < 4.78 is 0. The summed E-state index contributed by atoms with van der Waals surface area (Å²) in [6, 6.07) is 4.31. The highest BCUT2D eigenvalue weighted by molar-refractivity contribution is 6.36. The van der Waals surface area contributed by atoms with E-state index in [0.717, 1.165) is 19.6 Å². The summed E-state index contributed by atoms with van der Waals surface area (Å²) in [4.78, 5) is 15.9. The van der Waals surface area contributed by atoms with Gasteiger partial charge in [-0.3, -0.25) is 9.69 Å². The predicted molar refractivity (Wildman–Crippen MR) is 80.5 cm³/mol. The lowest BCUT2D eigenvalue weighted by atomic mass is 10.0. The maximum absolute atomic E-state index is 11.7. The number of piperazine rings is 1. The van der Waals surface area contributed by atoms with E-state index >= 15 is 0 Å². The summed E-state index contributed by atoms with van der Waals surface area (Å²) >= 11 is 12.3. The van der Waals surface area contributed by atoms with Crippen molar-refractivity contribution in [2.75, 3.05) is 32.7 Å². The molecule has 1 saturated heterocycles. The Morgan fingerprint density at radius 2 is 1.80 bits per heavy atom. The van der Waals surface area contributed by atoms with Gasteiger partial charge in [-0.1, -0.05) is 36.2 Å². The van der Waals surface area contributed by atoms with Crippen LogP contribution in [0.4, 0.5) is 0 Å². The van der Waals surface area contributed by atoms with Gasteiger partial charge in [-0.2, -0.15) is 0 Å². The van der Waals surface area contributed by atoms with Crippen molar-refractivity contribution in [3.63, 3.8) is 0 Å². The number of carboxylic acid groups (broad SMARTS) is 1. The van der Waals surface area contributed by atoms with Crippen molar-refractivity contribution in [3.05, 3.63) is 33.8 Å². The first-order valence-electron chi connectivity index (χ1n) is 6.67. The molecule has 0 aliphatic carbocycles. The van der Waals surface area contributed by atoms with Crippen LogP contribution in [0.25, 0.3) is 0 Å². The average Bonchev–Trinajstić information content (AvgIpc) is 2.43. The monoisotopic (exact) mass is 316 g/mol. The van der Waals surface area contributed by atoms with E-state index in [2.05, 4.69) is 11.8 Å². The van der Waals surface area contributed by atoms with Crippen molar-refractivity contribution < 1.29 is 9.90 Å². The molecule has 1 N–H and O–H groups in total. The summed E-state index contributed by atoms with van der Waals surface area (Å²) in [7, 11) is 0. The Hall–Kier alpha value is -0.810. The van der Waals surface area contributed by atoms with Gasteiger partial charge in [-0.05, 0) is 18.7 Å². The standard InChI is InChI=1S/C14H18Cl2N2O2/c1-2-17-6-8-18(9-7-17)13(14(19)20)12-10(15)4-3-5-11(12)16/h3-5,13H,2,6-9H2,1H3,(H,19,20). The number of carbonyl (C=O) groups is 1. The molecule has 0 radical (unpaired) electrons. The van der Waals surface area contributed by atoms with Crippen LogP contribution in [0.1, 0.15) is 18.5 Å². The van der Waals surface area contributed by atoms with Gasteiger partial charge in [0.05, 0.1) is 0 Å². The first-order chi connectivity index (χ1) is 9.54. The first-order valence-corrected chi connectivity index (χ1v) is 7.43. The fourth-order valence-corrected chi connectivity index (χ4v) is 3.18. The molecule has 0 spiro atoms. The molecule has 2 rings (SSSR count). The van der Waals surface area contributed by atoms with Crippen LogP contribution < -0.4 is 0 Å². The third-order valence-corrected chi connectivity index (χ3v) is 4.39. The number of benzene rings is 1. The molecule has 20 heavy (non-hydrogen) atoms. The first kappa shape index (κ1) is 15.6. The SMILES string of the molecule is CCN1CCN(C(C(=O)O)c2c(Cl)cccc2Cl)CC1. The van der Waals surface area contributed by atoms with Crippen molar-refractivity contribution in [1.29, 1.82) is 0 Å². The van der Waals surface area contributed by atoms with Crippen molar-refractivity contribution in [2.24, 2.45) is 0 Å². The summed E-state index contributed by atoms with van der Waals surface area (Å²) in [5.74, 6) is -0.912. The maximum Gasteiger partial charge on any atom is 0.325 e. The lowest BCUT2D eigenvalue weighted by molar-refractivity contribution is -0.144. The van der Waals surface area contributed by atoms with Crippen molar-refractivity contribution in [3.8, 4) is 0 Å². The number of nitrogens with zero attached hydrogens (tertiary/aromatic N) is 2. The average molecular weight is 317 g/mol. The van der Waals surface area contributed by atoms with Crippen LogP contribution in [-0.2, 0) is 4.79 Å². The van der Waals surface area contributed by atoms with E-state index in [1.165, 1.54) is 0 Å². The number of carboxylic acids is 1. The molecular weight excluding hydrogens is 299 g/mol. The summed E-state index contributed by atoms with van der Waals surface area (Å²) in [5.41, 5.74) is 0.494. The van der Waals surface area contributed by atoms with Crippen LogP contribution in [0.5, 0.6) is 0 Å². The van der Waals surface area contributed by atoms with Gasteiger partial charge in [0.15, 0.2) is 0 Å². The van der Waals surface area contributed by atoms with E-state index in [1.54, 1.807) is 18.2 Å². The lowest BCUT2D eigenvalue weighted by Crippen LogP contribution is -2.49. The van der Waals surface area contributed by atoms with E-state index in [0.29, 0.717) is 28.7 Å². The molecule has 1 aliphatic heterocycles. The minimum absolute atomic E-state index is 0.405. The third kappa shape index (κ3) is 3.26. The molecule has 6 heteroatoms. The third-order valence-electron chi connectivity index (χ3n) is 3.73. The molecule has 1 aromatic carbocycles. The Bertz CT molecular complexity index is 468. The van der Waals surface area contributed by atoms with Crippen molar-refractivity contribution in [1.82, 2.24) is 9.80 Å². The Labute approximate surface area is 128 Å². The van der Waals surface area contributed by atoms with E-state index < -0.39 is 12.0 Å². The normalized spacial score (nSPS) is 18.9. The fourth-order valence-electron chi connectivity index (χ4n) is 2.57. The number of halogens is 2. The zero-order valence-corrected chi connectivity index (χ0v) is 12.9. The van der Waals surface area contributed by atoms with Crippen LogP contribution in [0.15, 0.2) is 18.2 Å². The Kier molecular flexibility index (Phi) is 5.27. The molecule has 0 saturated carbocycles. The zero-order valence-electron chi connectivity index (χ0n) is 11.4. The smallest absolute Gasteiger partial charge is 0.325 e. The number of hydrogen-bond acceptors (Lipinski definition) is 3. The topological polar surface area (TPSA) is 43.8 Å². The van der Waals surface area contributed by atoms with Gasteiger partial charge >= 0.3 is 5.97 Å². The second-order valence-corrected chi connectivity index (χ2v) is 5.66. The molecule has 1 aromatic rings. The molecule has 1 atom stereocenters. The number of aliphatic carboxylic acids is 1. The van der Waals surface area contributed by atoms with Crippen LogP contribution >= 0.6 is 23.2 Å². The van der Waals surface area contributed by atoms with Gasteiger partial charge in [-0.15, -0.1) is 0 Å². The molecule has 0 amide bonds. The Morgan fingerprint density at radius 1 is 1.25 bits per heavy atom.